The summed E-state index contributed by atoms with van der Waals surface area (Å²) in [5.41, 5.74) is 6.09. The molecule has 3 aromatic rings. The maximum absolute atomic E-state index is 4.66. The summed E-state index contributed by atoms with van der Waals surface area (Å²) in [7, 11) is 0. The molecule has 0 saturated heterocycles. The van der Waals surface area contributed by atoms with Crippen LogP contribution in [0.25, 0.3) is 11.3 Å². The van der Waals surface area contributed by atoms with Crippen LogP contribution >= 0.6 is 0 Å². The van der Waals surface area contributed by atoms with Gasteiger partial charge in [-0.2, -0.15) is 0 Å². The Kier molecular flexibility index (Phi) is 5.68. The van der Waals surface area contributed by atoms with E-state index in [0.717, 1.165) is 44.1 Å². The predicted molar refractivity (Wildman–Crippen MR) is 116 cm³/mol. The van der Waals surface area contributed by atoms with E-state index in [1.165, 1.54) is 22.3 Å². The molecule has 1 atom stereocenters. The average Bonchev–Trinajstić information content (AvgIpc) is 3.10. The molecule has 0 bridgehead atoms. The number of benzene rings is 2. The molecule has 1 N–H and O–H groups in total. The molecule has 144 valence electrons. The van der Waals surface area contributed by atoms with Gasteiger partial charge in [0.15, 0.2) is 0 Å². The van der Waals surface area contributed by atoms with Crippen molar-refractivity contribution in [1.82, 2.24) is 14.9 Å². The van der Waals surface area contributed by atoms with Crippen LogP contribution in [0.3, 0.4) is 0 Å². The molecule has 28 heavy (non-hydrogen) atoms. The Morgan fingerprint density at radius 2 is 1.68 bits per heavy atom. The van der Waals surface area contributed by atoms with E-state index in [1.807, 2.05) is 0 Å². The molecule has 2 aromatic carbocycles. The van der Waals surface area contributed by atoms with Gasteiger partial charge in [-0.3, -0.25) is 0 Å². The molecule has 1 heterocycles. The van der Waals surface area contributed by atoms with Gasteiger partial charge < -0.3 is 10.2 Å². The number of aromatic nitrogens is 2. The van der Waals surface area contributed by atoms with E-state index in [4.69, 9.17) is 0 Å². The third-order valence-corrected chi connectivity index (χ3v) is 5.67. The molecular weight excluding hydrogens is 344 g/mol. The minimum atomic E-state index is 0.180. The van der Waals surface area contributed by atoms with Crippen molar-refractivity contribution in [3.05, 3.63) is 77.6 Å². The quantitative estimate of drug-likeness (QED) is 0.452. The molecule has 1 aromatic heterocycles. The smallest absolute Gasteiger partial charge is 0.134 e. The topological polar surface area (TPSA) is 41.0 Å². The van der Waals surface area contributed by atoms with Gasteiger partial charge in [-0.1, -0.05) is 68.4 Å². The van der Waals surface area contributed by atoms with E-state index in [9.17, 15) is 0 Å². The monoisotopic (exact) mass is 372 g/mol. The summed E-state index contributed by atoms with van der Waals surface area (Å²) in [6, 6.07) is 19.3. The summed E-state index contributed by atoms with van der Waals surface area (Å²) in [4.78, 5) is 11.7. The van der Waals surface area contributed by atoms with Gasteiger partial charge in [0.25, 0.3) is 0 Å². The van der Waals surface area contributed by atoms with Crippen LogP contribution in [0.15, 0.2) is 60.9 Å². The van der Waals surface area contributed by atoms with Crippen LogP contribution in [0.1, 0.15) is 42.9 Å². The van der Waals surface area contributed by atoms with Crippen LogP contribution < -0.4 is 5.32 Å². The highest BCUT2D eigenvalue weighted by Crippen LogP contribution is 2.49. The fraction of sp³-hybridized carbons (Fsp3) is 0.333. The number of hydrogen-bond donors (Lipinski definition) is 1. The first-order valence-corrected chi connectivity index (χ1v) is 10.3. The van der Waals surface area contributed by atoms with Gasteiger partial charge in [-0.05, 0) is 37.2 Å². The summed E-state index contributed by atoms with van der Waals surface area (Å²) in [5, 5.41) is 3.61. The molecule has 0 unspecified atom stereocenters. The van der Waals surface area contributed by atoms with E-state index in [0.29, 0.717) is 0 Å². The SMILES string of the molecule is CCN(CC)CCCNc1ncnc2c1[C@@H](c1ccccc1)c1ccccc1-2. The van der Waals surface area contributed by atoms with Crippen molar-refractivity contribution in [1.29, 1.82) is 0 Å². The summed E-state index contributed by atoms with van der Waals surface area (Å²) in [5.74, 6) is 1.15. The van der Waals surface area contributed by atoms with Gasteiger partial charge in [0.1, 0.15) is 12.1 Å². The Balaban J connectivity index is 1.64. The predicted octanol–water partition coefficient (Wildman–Crippen LogP) is 4.78. The molecule has 4 rings (SSSR count). The van der Waals surface area contributed by atoms with Gasteiger partial charge >= 0.3 is 0 Å². The number of anilines is 1. The number of nitrogens with one attached hydrogen (secondary N) is 1. The Morgan fingerprint density at radius 1 is 0.929 bits per heavy atom. The van der Waals surface area contributed by atoms with Gasteiger partial charge in [-0.15, -0.1) is 0 Å². The molecule has 4 heteroatoms. The maximum Gasteiger partial charge on any atom is 0.134 e. The lowest BCUT2D eigenvalue weighted by molar-refractivity contribution is 0.303. The Morgan fingerprint density at radius 3 is 2.46 bits per heavy atom. The van der Waals surface area contributed by atoms with Gasteiger partial charge in [0.2, 0.25) is 0 Å². The van der Waals surface area contributed by atoms with Crippen LogP contribution in [0.5, 0.6) is 0 Å². The highest BCUT2D eigenvalue weighted by Gasteiger charge is 2.33. The third kappa shape index (κ3) is 3.52. The normalized spacial score (nSPS) is 14.8. The zero-order valence-corrected chi connectivity index (χ0v) is 16.7. The fourth-order valence-corrected chi connectivity index (χ4v) is 4.19. The first kappa shape index (κ1) is 18.6. The third-order valence-electron chi connectivity index (χ3n) is 5.67. The van der Waals surface area contributed by atoms with Crippen molar-refractivity contribution in [3.8, 4) is 11.3 Å². The van der Waals surface area contributed by atoms with Crippen LogP contribution in [-0.2, 0) is 0 Å². The van der Waals surface area contributed by atoms with Crippen molar-refractivity contribution >= 4 is 5.82 Å². The van der Waals surface area contributed by atoms with Crippen molar-refractivity contribution in [3.63, 3.8) is 0 Å². The van der Waals surface area contributed by atoms with E-state index in [-0.39, 0.29) is 5.92 Å². The highest BCUT2D eigenvalue weighted by molar-refractivity contribution is 5.81. The second-order valence-electron chi connectivity index (χ2n) is 7.22. The Bertz CT molecular complexity index is 919. The highest BCUT2D eigenvalue weighted by atomic mass is 15.1. The minimum absolute atomic E-state index is 0.180. The minimum Gasteiger partial charge on any atom is -0.370 e. The molecule has 1 aliphatic rings. The lowest BCUT2D eigenvalue weighted by Gasteiger charge is -2.19. The molecule has 0 fully saturated rings. The van der Waals surface area contributed by atoms with Crippen LogP contribution in [0, 0.1) is 0 Å². The van der Waals surface area contributed by atoms with Crippen molar-refractivity contribution < 1.29 is 0 Å². The Hall–Kier alpha value is -2.72. The molecule has 1 aliphatic carbocycles. The summed E-state index contributed by atoms with van der Waals surface area (Å²) in [6.45, 7) is 8.66. The fourth-order valence-electron chi connectivity index (χ4n) is 4.19. The second-order valence-corrected chi connectivity index (χ2v) is 7.22. The largest absolute Gasteiger partial charge is 0.370 e. The maximum atomic E-state index is 4.66. The first-order chi connectivity index (χ1) is 13.8. The number of hydrogen-bond acceptors (Lipinski definition) is 4. The van der Waals surface area contributed by atoms with Crippen molar-refractivity contribution in [2.45, 2.75) is 26.2 Å². The van der Waals surface area contributed by atoms with Gasteiger partial charge in [0, 0.05) is 23.6 Å². The van der Waals surface area contributed by atoms with Crippen LogP contribution in [0.2, 0.25) is 0 Å². The average molecular weight is 373 g/mol. The van der Waals surface area contributed by atoms with Crippen molar-refractivity contribution in [2.24, 2.45) is 0 Å². The lowest BCUT2D eigenvalue weighted by Crippen LogP contribution is -2.25. The molecule has 4 nitrogen and oxygen atoms in total. The number of fused-ring (bicyclic) bond motifs is 3. The standard InChI is InChI=1S/C24H28N4/c1-3-28(4-2)16-10-15-25-24-22-21(18-11-6-5-7-12-18)19-13-8-9-14-20(19)23(22)26-17-27-24/h5-9,11-14,17,21H,3-4,10,15-16H2,1-2H3,(H,25,26,27)/t21-/m0/s1. The van der Waals surface area contributed by atoms with E-state index in [2.05, 4.69) is 88.6 Å². The Labute approximate surface area is 167 Å². The van der Waals surface area contributed by atoms with E-state index >= 15 is 0 Å². The molecular formula is C24H28N4. The number of nitrogens with zero attached hydrogens (tertiary/aromatic N) is 3. The van der Waals surface area contributed by atoms with Crippen LogP contribution in [-0.4, -0.2) is 41.0 Å². The summed E-state index contributed by atoms with van der Waals surface area (Å²) >= 11 is 0. The molecule has 0 aliphatic heterocycles. The number of rotatable bonds is 8. The van der Waals surface area contributed by atoms with E-state index < -0.39 is 0 Å². The first-order valence-electron chi connectivity index (χ1n) is 10.3. The summed E-state index contributed by atoms with van der Waals surface area (Å²) in [6.07, 6.45) is 2.79. The summed E-state index contributed by atoms with van der Waals surface area (Å²) < 4.78 is 0. The van der Waals surface area contributed by atoms with Crippen LogP contribution in [0.4, 0.5) is 5.82 Å². The molecule has 0 radical (unpaired) electrons. The molecule has 0 spiro atoms. The zero-order valence-electron chi connectivity index (χ0n) is 16.7. The second kappa shape index (κ2) is 8.53. The zero-order chi connectivity index (χ0) is 19.3. The van der Waals surface area contributed by atoms with Crippen molar-refractivity contribution in [2.75, 3.05) is 31.5 Å². The van der Waals surface area contributed by atoms with E-state index in [1.54, 1.807) is 6.33 Å². The molecule has 0 amide bonds. The lowest BCUT2D eigenvalue weighted by atomic mass is 9.90. The van der Waals surface area contributed by atoms with Gasteiger partial charge in [-0.25, -0.2) is 9.97 Å². The van der Waals surface area contributed by atoms with Gasteiger partial charge in [0.05, 0.1) is 5.69 Å². The molecule has 0 saturated carbocycles.